The minimum absolute atomic E-state index is 0.627. The van der Waals surface area contributed by atoms with Crippen LogP contribution in [0.25, 0.3) is 28.0 Å². The molecule has 1 saturated heterocycles. The highest BCUT2D eigenvalue weighted by Gasteiger charge is 2.22. The summed E-state index contributed by atoms with van der Waals surface area (Å²) in [5.41, 5.74) is 4.15. The number of aromatic nitrogens is 4. The second kappa shape index (κ2) is 9.65. The first-order valence-electron chi connectivity index (χ1n) is 10.9. The summed E-state index contributed by atoms with van der Waals surface area (Å²) in [6.45, 7) is 6.97. The van der Waals surface area contributed by atoms with Crippen molar-refractivity contribution in [2.75, 3.05) is 44.7 Å². The summed E-state index contributed by atoms with van der Waals surface area (Å²) >= 11 is 12.7. The Morgan fingerprint density at radius 3 is 2.52 bits per heavy atom. The largest absolute Gasteiger partial charge is 0.379 e. The molecule has 2 aromatic carbocycles. The molecular weight excluding hydrogens is 459 g/mol. The van der Waals surface area contributed by atoms with E-state index in [-0.39, 0.29) is 0 Å². The van der Waals surface area contributed by atoms with Gasteiger partial charge in [0, 0.05) is 36.8 Å². The van der Waals surface area contributed by atoms with Crippen molar-refractivity contribution in [3.05, 3.63) is 64.4 Å². The average molecular weight is 483 g/mol. The van der Waals surface area contributed by atoms with Gasteiger partial charge in [0.05, 0.1) is 23.8 Å². The molecule has 1 fully saturated rings. The molecule has 0 atom stereocenters. The number of ether oxygens (including phenoxy) is 1. The average Bonchev–Trinajstić information content (AvgIpc) is 3.20. The van der Waals surface area contributed by atoms with Crippen LogP contribution in [0.2, 0.25) is 10.0 Å². The number of benzene rings is 2. The maximum atomic E-state index is 6.57. The van der Waals surface area contributed by atoms with Crippen molar-refractivity contribution in [2.45, 2.75) is 6.92 Å². The Balaban J connectivity index is 1.59. The molecule has 9 heteroatoms. The molecule has 2 aromatic heterocycles. The molecule has 0 aliphatic carbocycles. The van der Waals surface area contributed by atoms with E-state index in [0.717, 1.165) is 61.8 Å². The molecule has 33 heavy (non-hydrogen) atoms. The number of aryl methyl sites for hydroxylation is 1. The Morgan fingerprint density at radius 2 is 1.76 bits per heavy atom. The number of hydrogen-bond donors (Lipinski definition) is 1. The second-order valence-corrected chi connectivity index (χ2v) is 8.76. The van der Waals surface area contributed by atoms with Crippen molar-refractivity contribution >= 4 is 34.8 Å². The number of nitrogens with zero attached hydrogens (tertiary/aromatic N) is 5. The van der Waals surface area contributed by atoms with Gasteiger partial charge in [-0.1, -0.05) is 53.5 Å². The van der Waals surface area contributed by atoms with Gasteiger partial charge in [0.15, 0.2) is 5.65 Å². The zero-order valence-electron chi connectivity index (χ0n) is 18.3. The van der Waals surface area contributed by atoms with Gasteiger partial charge in [-0.25, -0.2) is 4.98 Å². The van der Waals surface area contributed by atoms with Crippen molar-refractivity contribution in [2.24, 2.45) is 0 Å². The second-order valence-electron chi connectivity index (χ2n) is 7.92. The highest BCUT2D eigenvalue weighted by Crippen LogP contribution is 2.38. The van der Waals surface area contributed by atoms with Crippen molar-refractivity contribution in [3.8, 4) is 22.4 Å². The lowest BCUT2D eigenvalue weighted by molar-refractivity contribution is 0.0398. The van der Waals surface area contributed by atoms with Crippen LogP contribution >= 0.6 is 23.2 Å². The minimum Gasteiger partial charge on any atom is -0.379 e. The van der Waals surface area contributed by atoms with Crippen molar-refractivity contribution < 1.29 is 4.74 Å². The number of morpholine rings is 1. The Labute approximate surface area is 202 Å². The van der Waals surface area contributed by atoms with E-state index in [1.54, 1.807) is 4.52 Å². The third-order valence-corrected chi connectivity index (χ3v) is 6.26. The molecular formula is C24H24Cl2N6O. The number of rotatable bonds is 6. The van der Waals surface area contributed by atoms with Crippen molar-refractivity contribution in [1.82, 2.24) is 24.5 Å². The third-order valence-electron chi connectivity index (χ3n) is 5.67. The fraction of sp³-hybridized carbons (Fsp3) is 0.292. The Morgan fingerprint density at radius 1 is 1.00 bits per heavy atom. The quantitative estimate of drug-likeness (QED) is 0.424. The molecule has 3 heterocycles. The van der Waals surface area contributed by atoms with E-state index >= 15 is 0 Å². The lowest BCUT2D eigenvalue weighted by Crippen LogP contribution is -2.39. The zero-order valence-corrected chi connectivity index (χ0v) is 19.8. The Bertz CT molecular complexity index is 1270. The maximum absolute atomic E-state index is 6.57. The number of nitrogens with one attached hydrogen (secondary N) is 1. The van der Waals surface area contributed by atoms with E-state index in [2.05, 4.69) is 15.2 Å². The first-order chi connectivity index (χ1) is 16.1. The van der Waals surface area contributed by atoms with Gasteiger partial charge < -0.3 is 10.1 Å². The fourth-order valence-corrected chi connectivity index (χ4v) is 4.38. The first kappa shape index (κ1) is 22.1. The number of anilines is 1. The van der Waals surface area contributed by atoms with E-state index in [1.165, 1.54) is 0 Å². The molecule has 4 aromatic rings. The molecule has 1 aliphatic heterocycles. The highest BCUT2D eigenvalue weighted by molar-refractivity contribution is 6.33. The van der Waals surface area contributed by atoms with Crippen LogP contribution in [0, 0.1) is 6.92 Å². The van der Waals surface area contributed by atoms with Gasteiger partial charge in [-0.05, 0) is 30.7 Å². The van der Waals surface area contributed by atoms with Crippen LogP contribution in [-0.4, -0.2) is 63.9 Å². The molecule has 170 valence electrons. The van der Waals surface area contributed by atoms with Gasteiger partial charge in [-0.2, -0.15) is 14.6 Å². The lowest BCUT2D eigenvalue weighted by atomic mass is 10.0. The summed E-state index contributed by atoms with van der Waals surface area (Å²) < 4.78 is 7.21. The molecule has 0 spiro atoms. The van der Waals surface area contributed by atoms with Gasteiger partial charge in [-0.3, -0.25) is 4.90 Å². The molecule has 0 saturated carbocycles. The topological polar surface area (TPSA) is 67.6 Å². The summed E-state index contributed by atoms with van der Waals surface area (Å²) in [4.78, 5) is 11.8. The SMILES string of the molecule is Cc1nc(NCCN2CCOCC2)n2nc(-c3ccccc3Cl)c(-c3ccc(Cl)cc3)c2n1. The third kappa shape index (κ3) is 4.68. The normalized spacial score (nSPS) is 14.6. The summed E-state index contributed by atoms with van der Waals surface area (Å²) in [5.74, 6) is 1.32. The Hall–Kier alpha value is -2.71. The standard InChI is InChI=1S/C24H24Cl2N6O/c1-16-28-23-21(17-6-8-18(25)9-7-17)22(19-4-2-3-5-20(19)26)30-32(23)24(29-16)27-10-11-31-12-14-33-15-13-31/h2-9H,10-15H2,1H3,(H,27,28,29). The van der Waals surface area contributed by atoms with Gasteiger partial charge in [0.1, 0.15) is 11.5 Å². The molecule has 1 aliphatic rings. The number of halogens is 2. The predicted molar refractivity (Wildman–Crippen MR) is 132 cm³/mol. The van der Waals surface area contributed by atoms with E-state index in [9.17, 15) is 0 Å². The van der Waals surface area contributed by atoms with E-state index < -0.39 is 0 Å². The van der Waals surface area contributed by atoms with Crippen LogP contribution in [0.4, 0.5) is 5.95 Å². The van der Waals surface area contributed by atoms with Gasteiger partial charge >= 0.3 is 0 Å². The molecule has 5 rings (SSSR count). The zero-order chi connectivity index (χ0) is 22.8. The molecule has 0 amide bonds. The molecule has 0 radical (unpaired) electrons. The van der Waals surface area contributed by atoms with E-state index in [4.69, 9.17) is 38.0 Å². The summed E-state index contributed by atoms with van der Waals surface area (Å²) in [6.07, 6.45) is 0. The van der Waals surface area contributed by atoms with Crippen LogP contribution in [0.3, 0.4) is 0 Å². The van der Waals surface area contributed by atoms with Crippen LogP contribution in [0.15, 0.2) is 48.5 Å². The van der Waals surface area contributed by atoms with Gasteiger partial charge in [0.2, 0.25) is 5.95 Å². The molecule has 1 N–H and O–H groups in total. The molecule has 7 nitrogen and oxygen atoms in total. The van der Waals surface area contributed by atoms with E-state index in [1.807, 2.05) is 55.5 Å². The number of fused-ring (bicyclic) bond motifs is 1. The highest BCUT2D eigenvalue weighted by atomic mass is 35.5. The summed E-state index contributed by atoms with van der Waals surface area (Å²) in [7, 11) is 0. The van der Waals surface area contributed by atoms with E-state index in [0.29, 0.717) is 27.5 Å². The number of hydrogen-bond acceptors (Lipinski definition) is 6. The molecule has 0 unspecified atom stereocenters. The lowest BCUT2D eigenvalue weighted by Gasteiger charge is -2.26. The van der Waals surface area contributed by atoms with Gasteiger partial charge in [0.25, 0.3) is 0 Å². The molecule has 0 bridgehead atoms. The maximum Gasteiger partial charge on any atom is 0.227 e. The van der Waals surface area contributed by atoms with Crippen LogP contribution in [-0.2, 0) is 4.74 Å². The van der Waals surface area contributed by atoms with Crippen LogP contribution < -0.4 is 5.32 Å². The van der Waals surface area contributed by atoms with Crippen LogP contribution in [0.1, 0.15) is 5.82 Å². The Kier molecular flexibility index (Phi) is 6.46. The minimum atomic E-state index is 0.627. The van der Waals surface area contributed by atoms with Crippen molar-refractivity contribution in [1.29, 1.82) is 0 Å². The van der Waals surface area contributed by atoms with Crippen LogP contribution in [0.5, 0.6) is 0 Å². The first-order valence-corrected chi connectivity index (χ1v) is 11.7. The summed E-state index contributed by atoms with van der Waals surface area (Å²) in [6, 6.07) is 15.4. The fourth-order valence-electron chi connectivity index (χ4n) is 4.03. The monoisotopic (exact) mass is 482 g/mol. The van der Waals surface area contributed by atoms with Gasteiger partial charge in [-0.15, -0.1) is 0 Å². The van der Waals surface area contributed by atoms with Crippen molar-refractivity contribution in [3.63, 3.8) is 0 Å². The predicted octanol–water partition coefficient (Wildman–Crippen LogP) is 4.82. The smallest absolute Gasteiger partial charge is 0.227 e. The summed E-state index contributed by atoms with van der Waals surface area (Å²) in [5, 5.41) is 9.68.